The fraction of sp³-hybridized carbons (Fsp3) is 0.133. The second kappa shape index (κ2) is 6.45. The van der Waals surface area contributed by atoms with E-state index in [0.29, 0.717) is 5.56 Å². The van der Waals surface area contributed by atoms with Gasteiger partial charge in [0.25, 0.3) is 5.91 Å². The van der Waals surface area contributed by atoms with Crippen molar-refractivity contribution in [2.45, 2.75) is 6.92 Å². The monoisotopic (exact) mass is 266 g/mol. The molecule has 1 heterocycles. The molecule has 0 aliphatic rings. The largest absolute Gasteiger partial charge is 0.320 e. The number of nitrogens with two attached hydrogens (primary N) is 1. The van der Waals surface area contributed by atoms with E-state index in [2.05, 4.69) is 27.1 Å². The molecule has 0 fully saturated rings. The number of amides is 1. The first-order chi connectivity index (χ1) is 9.70. The average Bonchev–Trinajstić information content (AvgIpc) is 2.47. The number of rotatable bonds is 2. The number of hydrogen-bond donors (Lipinski definition) is 2. The van der Waals surface area contributed by atoms with Crippen molar-refractivity contribution in [1.29, 1.82) is 0 Å². The Hall–Kier alpha value is -2.71. The number of nitrogens with zero attached hydrogens (tertiary/aromatic N) is 2. The fourth-order valence-electron chi connectivity index (χ4n) is 1.63. The van der Waals surface area contributed by atoms with E-state index in [4.69, 9.17) is 5.73 Å². The first kappa shape index (κ1) is 13.7. The molecule has 0 saturated carbocycles. The lowest BCUT2D eigenvalue weighted by molar-refractivity contribution is 0.102. The van der Waals surface area contributed by atoms with Gasteiger partial charge in [-0.2, -0.15) is 0 Å². The van der Waals surface area contributed by atoms with Crippen molar-refractivity contribution in [2.24, 2.45) is 5.73 Å². The van der Waals surface area contributed by atoms with Crippen LogP contribution in [0.3, 0.4) is 0 Å². The molecule has 20 heavy (non-hydrogen) atoms. The molecule has 5 nitrogen and oxygen atoms in total. The molecule has 0 bridgehead atoms. The molecule has 0 spiro atoms. The van der Waals surface area contributed by atoms with E-state index < -0.39 is 0 Å². The lowest BCUT2D eigenvalue weighted by Gasteiger charge is -2.06. The zero-order valence-electron chi connectivity index (χ0n) is 11.1. The quantitative estimate of drug-likeness (QED) is 0.804. The molecule has 2 rings (SSSR count). The molecule has 3 N–H and O–H groups in total. The summed E-state index contributed by atoms with van der Waals surface area (Å²) in [7, 11) is 0. The third-order valence-corrected chi connectivity index (χ3v) is 2.61. The fourth-order valence-corrected chi connectivity index (χ4v) is 1.63. The Morgan fingerprint density at radius 3 is 2.80 bits per heavy atom. The van der Waals surface area contributed by atoms with Crippen LogP contribution in [0.15, 0.2) is 36.7 Å². The molecule has 1 aromatic heterocycles. The van der Waals surface area contributed by atoms with E-state index in [1.165, 1.54) is 0 Å². The summed E-state index contributed by atoms with van der Waals surface area (Å²) in [5, 5.41) is 2.65. The normalized spacial score (nSPS) is 9.50. The van der Waals surface area contributed by atoms with E-state index in [1.54, 1.807) is 24.5 Å². The highest BCUT2D eigenvalue weighted by atomic mass is 16.1. The van der Waals surface area contributed by atoms with E-state index in [9.17, 15) is 4.79 Å². The van der Waals surface area contributed by atoms with Crippen molar-refractivity contribution in [1.82, 2.24) is 9.97 Å². The maximum Gasteiger partial charge on any atom is 0.258 e. The van der Waals surface area contributed by atoms with Gasteiger partial charge in [0, 0.05) is 23.5 Å². The standard InChI is InChI=1S/C15H14N4O/c1-11-5-6-12(4-2-7-16)10-13(11)14(20)19-15-17-8-3-9-18-15/h3,5-6,8-10H,7,16H2,1H3,(H,17,18,19,20). The topological polar surface area (TPSA) is 80.9 Å². The summed E-state index contributed by atoms with van der Waals surface area (Å²) >= 11 is 0. The molecular formula is C15H14N4O. The number of anilines is 1. The predicted octanol–water partition coefficient (Wildman–Crippen LogP) is 1.35. The Bertz CT molecular complexity index is 671. The summed E-state index contributed by atoms with van der Waals surface area (Å²) in [6.07, 6.45) is 3.14. The van der Waals surface area contributed by atoms with E-state index in [0.717, 1.165) is 11.1 Å². The van der Waals surface area contributed by atoms with E-state index in [-0.39, 0.29) is 18.4 Å². The van der Waals surface area contributed by atoms with Gasteiger partial charge in [0.1, 0.15) is 0 Å². The Morgan fingerprint density at radius 2 is 2.10 bits per heavy atom. The van der Waals surface area contributed by atoms with Gasteiger partial charge in [-0.05, 0) is 30.7 Å². The van der Waals surface area contributed by atoms with Crippen LogP contribution in [0.1, 0.15) is 21.5 Å². The minimum atomic E-state index is -0.259. The van der Waals surface area contributed by atoms with E-state index >= 15 is 0 Å². The highest BCUT2D eigenvalue weighted by Crippen LogP contribution is 2.12. The van der Waals surface area contributed by atoms with Crippen molar-refractivity contribution in [2.75, 3.05) is 11.9 Å². The molecule has 0 aliphatic carbocycles. The molecule has 1 aromatic carbocycles. The number of aromatic nitrogens is 2. The second-order valence-corrected chi connectivity index (χ2v) is 4.06. The number of nitrogens with one attached hydrogen (secondary N) is 1. The first-order valence-electron chi connectivity index (χ1n) is 6.08. The first-order valence-corrected chi connectivity index (χ1v) is 6.08. The van der Waals surface area contributed by atoms with Gasteiger partial charge in [0.15, 0.2) is 0 Å². The Kier molecular flexibility index (Phi) is 4.43. The van der Waals surface area contributed by atoms with Crippen LogP contribution in [0.25, 0.3) is 0 Å². The molecule has 0 atom stereocenters. The summed E-state index contributed by atoms with van der Waals surface area (Å²) in [5.74, 6) is 5.68. The van der Waals surface area contributed by atoms with Gasteiger partial charge >= 0.3 is 0 Å². The lowest BCUT2D eigenvalue weighted by atomic mass is 10.0. The third kappa shape index (κ3) is 3.40. The smallest absolute Gasteiger partial charge is 0.258 e. The minimum Gasteiger partial charge on any atom is -0.320 e. The zero-order chi connectivity index (χ0) is 14.4. The molecule has 0 saturated heterocycles. The van der Waals surface area contributed by atoms with Crippen LogP contribution in [0.2, 0.25) is 0 Å². The maximum atomic E-state index is 12.2. The lowest BCUT2D eigenvalue weighted by Crippen LogP contribution is -2.15. The Balaban J connectivity index is 2.25. The van der Waals surface area contributed by atoms with Gasteiger partial charge in [-0.25, -0.2) is 9.97 Å². The third-order valence-electron chi connectivity index (χ3n) is 2.61. The molecular weight excluding hydrogens is 252 g/mol. The van der Waals surface area contributed by atoms with Gasteiger partial charge in [-0.1, -0.05) is 17.9 Å². The highest BCUT2D eigenvalue weighted by Gasteiger charge is 2.10. The highest BCUT2D eigenvalue weighted by molar-refractivity contribution is 6.04. The van der Waals surface area contributed by atoms with Crippen molar-refractivity contribution >= 4 is 11.9 Å². The maximum absolute atomic E-state index is 12.2. The molecule has 0 aliphatic heterocycles. The Morgan fingerprint density at radius 1 is 1.35 bits per heavy atom. The van der Waals surface area contributed by atoms with Gasteiger partial charge in [0.05, 0.1) is 6.54 Å². The number of benzene rings is 1. The molecule has 0 radical (unpaired) electrons. The van der Waals surface area contributed by atoms with Crippen molar-refractivity contribution in [3.8, 4) is 11.8 Å². The predicted molar refractivity (Wildman–Crippen MR) is 77.1 cm³/mol. The SMILES string of the molecule is Cc1ccc(C#CCN)cc1C(=O)Nc1ncccn1. The summed E-state index contributed by atoms with van der Waals surface area (Å²) in [5.41, 5.74) is 7.49. The second-order valence-electron chi connectivity index (χ2n) is 4.06. The van der Waals surface area contributed by atoms with Crippen LogP contribution in [0.4, 0.5) is 5.95 Å². The van der Waals surface area contributed by atoms with Gasteiger partial charge < -0.3 is 5.73 Å². The van der Waals surface area contributed by atoms with Crippen molar-refractivity contribution in [3.63, 3.8) is 0 Å². The number of carbonyl (C=O) groups excluding carboxylic acids is 1. The average molecular weight is 266 g/mol. The number of hydrogen-bond acceptors (Lipinski definition) is 4. The van der Waals surface area contributed by atoms with Crippen LogP contribution < -0.4 is 11.1 Å². The van der Waals surface area contributed by atoms with Crippen LogP contribution in [0.5, 0.6) is 0 Å². The number of carbonyl (C=O) groups is 1. The summed E-state index contributed by atoms with van der Waals surface area (Å²) in [6, 6.07) is 7.12. The van der Waals surface area contributed by atoms with Crippen LogP contribution in [0, 0.1) is 18.8 Å². The van der Waals surface area contributed by atoms with Crippen molar-refractivity contribution in [3.05, 3.63) is 53.3 Å². The molecule has 0 unspecified atom stereocenters. The zero-order valence-corrected chi connectivity index (χ0v) is 11.1. The molecule has 100 valence electrons. The minimum absolute atomic E-state index is 0.259. The van der Waals surface area contributed by atoms with Gasteiger partial charge in [-0.15, -0.1) is 0 Å². The van der Waals surface area contributed by atoms with E-state index in [1.807, 2.05) is 19.1 Å². The molecule has 5 heteroatoms. The van der Waals surface area contributed by atoms with Gasteiger partial charge in [-0.3, -0.25) is 10.1 Å². The molecule has 1 amide bonds. The van der Waals surface area contributed by atoms with Crippen LogP contribution >= 0.6 is 0 Å². The summed E-state index contributed by atoms with van der Waals surface area (Å²) in [4.78, 5) is 20.1. The molecule has 2 aromatic rings. The number of aryl methyl sites for hydroxylation is 1. The summed E-state index contributed by atoms with van der Waals surface area (Å²) < 4.78 is 0. The van der Waals surface area contributed by atoms with Gasteiger partial charge in [0.2, 0.25) is 5.95 Å². The van der Waals surface area contributed by atoms with Crippen LogP contribution in [-0.4, -0.2) is 22.4 Å². The summed E-state index contributed by atoms with van der Waals surface area (Å²) in [6.45, 7) is 2.15. The van der Waals surface area contributed by atoms with Crippen molar-refractivity contribution < 1.29 is 4.79 Å². The Labute approximate surface area is 117 Å². The van der Waals surface area contributed by atoms with Crippen LogP contribution in [-0.2, 0) is 0 Å².